The van der Waals surface area contributed by atoms with E-state index in [-0.39, 0.29) is 12.1 Å². The average Bonchev–Trinajstić information content (AvgIpc) is 3.22. The molecule has 5 rings (SSSR count). The number of hydrogen-bond acceptors (Lipinski definition) is 5. The summed E-state index contributed by atoms with van der Waals surface area (Å²) in [7, 11) is 0. The highest BCUT2D eigenvalue weighted by Crippen LogP contribution is 2.37. The van der Waals surface area contributed by atoms with Gasteiger partial charge >= 0.3 is 0 Å². The van der Waals surface area contributed by atoms with E-state index in [1.165, 1.54) is 32.2 Å². The molecule has 3 aromatic rings. The van der Waals surface area contributed by atoms with E-state index in [1.54, 1.807) is 0 Å². The Bertz CT molecular complexity index is 939. The van der Waals surface area contributed by atoms with Gasteiger partial charge in [0.25, 0.3) is 5.89 Å². The first kappa shape index (κ1) is 16.9. The van der Waals surface area contributed by atoms with Crippen LogP contribution in [0.3, 0.4) is 0 Å². The van der Waals surface area contributed by atoms with E-state index in [0.29, 0.717) is 5.89 Å². The van der Waals surface area contributed by atoms with E-state index in [2.05, 4.69) is 41.1 Å². The first-order valence-electron chi connectivity index (χ1n) is 10.3. The van der Waals surface area contributed by atoms with Crippen molar-refractivity contribution in [3.8, 4) is 11.6 Å². The average molecular weight is 365 g/mol. The molecule has 0 spiro atoms. The summed E-state index contributed by atoms with van der Waals surface area (Å²) in [5.74, 6) is 2.17. The van der Waals surface area contributed by atoms with E-state index < -0.39 is 0 Å². The van der Waals surface area contributed by atoms with Crippen LogP contribution in [0.15, 0.2) is 28.7 Å². The molecule has 1 saturated carbocycles. The molecule has 1 aliphatic carbocycles. The fourth-order valence-corrected chi connectivity index (χ4v) is 4.23. The summed E-state index contributed by atoms with van der Waals surface area (Å²) < 4.78 is 8.24. The van der Waals surface area contributed by atoms with Gasteiger partial charge in [-0.25, -0.2) is 0 Å². The highest BCUT2D eigenvalue weighted by molar-refractivity contribution is 5.91. The van der Waals surface area contributed by atoms with Crippen LogP contribution >= 0.6 is 0 Å². The predicted octanol–water partition coefficient (Wildman–Crippen LogP) is 4.60. The minimum atomic E-state index is 0.263. The van der Waals surface area contributed by atoms with Gasteiger partial charge in [0.05, 0.1) is 11.6 Å². The Morgan fingerprint density at radius 2 is 1.96 bits per heavy atom. The van der Waals surface area contributed by atoms with Crippen LogP contribution in [0.1, 0.15) is 63.9 Å². The molecule has 2 aromatic heterocycles. The number of hydrogen-bond donors (Lipinski definition) is 0. The summed E-state index contributed by atoms with van der Waals surface area (Å²) in [5.41, 5.74) is 1.90. The third kappa shape index (κ3) is 3.16. The number of nitrogens with zero attached hydrogens (tertiary/aromatic N) is 5. The van der Waals surface area contributed by atoms with Gasteiger partial charge in [0.1, 0.15) is 0 Å². The predicted molar refractivity (Wildman–Crippen MR) is 104 cm³/mol. The van der Waals surface area contributed by atoms with E-state index in [4.69, 9.17) is 9.52 Å². The maximum Gasteiger partial charge on any atom is 0.268 e. The van der Waals surface area contributed by atoms with Crippen molar-refractivity contribution in [1.82, 2.24) is 24.9 Å². The quantitative estimate of drug-likeness (QED) is 0.661. The molecule has 1 unspecified atom stereocenters. The number of fused-ring (bicyclic) bond motifs is 1. The molecular formula is C21H27N5O. The van der Waals surface area contributed by atoms with Gasteiger partial charge in [-0.2, -0.15) is 5.10 Å². The van der Waals surface area contributed by atoms with Crippen LogP contribution in [-0.2, 0) is 0 Å². The lowest BCUT2D eigenvalue weighted by atomic mass is 10.0. The van der Waals surface area contributed by atoms with Crippen molar-refractivity contribution in [2.24, 2.45) is 5.92 Å². The Morgan fingerprint density at radius 1 is 1.11 bits per heavy atom. The maximum absolute atomic E-state index is 6.20. The van der Waals surface area contributed by atoms with Gasteiger partial charge in [0.15, 0.2) is 5.69 Å². The smallest absolute Gasteiger partial charge is 0.268 e. The molecule has 1 aliphatic heterocycles. The largest absolute Gasteiger partial charge is 0.417 e. The minimum Gasteiger partial charge on any atom is -0.417 e. The van der Waals surface area contributed by atoms with E-state index in [1.807, 2.05) is 16.8 Å². The third-order valence-corrected chi connectivity index (χ3v) is 5.83. The number of benzene rings is 1. The van der Waals surface area contributed by atoms with Crippen molar-refractivity contribution in [2.45, 2.75) is 58.0 Å². The second-order valence-electron chi connectivity index (χ2n) is 8.30. The first-order chi connectivity index (χ1) is 13.2. The van der Waals surface area contributed by atoms with Crippen LogP contribution in [0.2, 0.25) is 0 Å². The zero-order chi connectivity index (χ0) is 18.4. The SMILES string of the molecule is CC(C)n1nc(-c2nnc(C3CCCCN3CC3CC3)o2)c2ccccc21. The van der Waals surface area contributed by atoms with Gasteiger partial charge in [-0.05, 0) is 58.1 Å². The molecule has 1 aromatic carbocycles. The molecule has 1 saturated heterocycles. The molecule has 6 heteroatoms. The van der Waals surface area contributed by atoms with Crippen LogP contribution < -0.4 is 0 Å². The van der Waals surface area contributed by atoms with E-state index in [9.17, 15) is 0 Å². The Balaban J connectivity index is 1.49. The van der Waals surface area contributed by atoms with Crippen LogP contribution in [0, 0.1) is 5.92 Å². The monoisotopic (exact) mass is 365 g/mol. The number of piperidine rings is 1. The Labute approximate surface area is 159 Å². The fourth-order valence-electron chi connectivity index (χ4n) is 4.23. The van der Waals surface area contributed by atoms with Crippen LogP contribution in [0.25, 0.3) is 22.5 Å². The highest BCUT2D eigenvalue weighted by Gasteiger charge is 2.33. The molecule has 0 amide bonds. The minimum absolute atomic E-state index is 0.263. The van der Waals surface area contributed by atoms with Crippen molar-refractivity contribution in [2.75, 3.05) is 13.1 Å². The lowest BCUT2D eigenvalue weighted by molar-refractivity contribution is 0.120. The molecule has 0 radical (unpaired) electrons. The Morgan fingerprint density at radius 3 is 2.78 bits per heavy atom. The van der Waals surface area contributed by atoms with Crippen molar-refractivity contribution in [3.63, 3.8) is 0 Å². The number of para-hydroxylation sites is 1. The van der Waals surface area contributed by atoms with Crippen molar-refractivity contribution >= 4 is 10.9 Å². The Kier molecular flexibility index (Phi) is 4.23. The standard InChI is InChI=1S/C21H27N5O/c1-14(2)26-17-8-4-3-7-16(17)19(24-26)21-23-22-20(27-21)18-9-5-6-12-25(18)13-15-10-11-15/h3-4,7-8,14-15,18H,5-6,9-13H2,1-2H3. The van der Waals surface area contributed by atoms with Crippen LogP contribution in [-0.4, -0.2) is 38.0 Å². The highest BCUT2D eigenvalue weighted by atomic mass is 16.4. The molecule has 1 atom stereocenters. The summed E-state index contributed by atoms with van der Waals surface area (Å²) in [6, 6.07) is 8.80. The topological polar surface area (TPSA) is 60.0 Å². The molecule has 6 nitrogen and oxygen atoms in total. The first-order valence-corrected chi connectivity index (χ1v) is 10.3. The molecule has 3 heterocycles. The zero-order valence-corrected chi connectivity index (χ0v) is 16.1. The fraction of sp³-hybridized carbons (Fsp3) is 0.571. The number of likely N-dealkylation sites (tertiary alicyclic amines) is 1. The van der Waals surface area contributed by atoms with Gasteiger partial charge in [-0.15, -0.1) is 10.2 Å². The van der Waals surface area contributed by atoms with Gasteiger partial charge in [0, 0.05) is 18.0 Å². The molecule has 142 valence electrons. The van der Waals surface area contributed by atoms with Crippen molar-refractivity contribution < 1.29 is 4.42 Å². The van der Waals surface area contributed by atoms with Gasteiger partial charge in [0.2, 0.25) is 5.89 Å². The van der Waals surface area contributed by atoms with Crippen LogP contribution in [0.4, 0.5) is 0 Å². The summed E-state index contributed by atoms with van der Waals surface area (Å²) >= 11 is 0. The summed E-state index contributed by atoms with van der Waals surface area (Å²) in [4.78, 5) is 2.56. The maximum atomic E-state index is 6.20. The summed E-state index contributed by atoms with van der Waals surface area (Å²) in [6.45, 7) is 6.59. The van der Waals surface area contributed by atoms with Crippen molar-refractivity contribution in [3.05, 3.63) is 30.2 Å². The van der Waals surface area contributed by atoms with Gasteiger partial charge in [-0.3, -0.25) is 9.58 Å². The van der Waals surface area contributed by atoms with Gasteiger partial charge in [-0.1, -0.05) is 24.6 Å². The molecule has 0 N–H and O–H groups in total. The second-order valence-corrected chi connectivity index (χ2v) is 8.30. The third-order valence-electron chi connectivity index (χ3n) is 5.83. The molecule has 0 bridgehead atoms. The summed E-state index contributed by atoms with van der Waals surface area (Å²) in [5, 5.41) is 14.7. The molecule has 2 aliphatic rings. The van der Waals surface area contributed by atoms with E-state index in [0.717, 1.165) is 41.4 Å². The lowest BCUT2D eigenvalue weighted by Gasteiger charge is -2.33. The van der Waals surface area contributed by atoms with Crippen LogP contribution in [0.5, 0.6) is 0 Å². The molecular weight excluding hydrogens is 338 g/mol. The zero-order valence-electron chi connectivity index (χ0n) is 16.1. The molecule has 27 heavy (non-hydrogen) atoms. The van der Waals surface area contributed by atoms with Gasteiger partial charge < -0.3 is 4.42 Å². The number of aromatic nitrogens is 4. The normalized spacial score (nSPS) is 21.4. The molecule has 2 fully saturated rings. The second kappa shape index (κ2) is 6.75. The number of rotatable bonds is 5. The summed E-state index contributed by atoms with van der Waals surface area (Å²) in [6.07, 6.45) is 6.35. The van der Waals surface area contributed by atoms with E-state index >= 15 is 0 Å². The van der Waals surface area contributed by atoms with Crippen molar-refractivity contribution in [1.29, 1.82) is 0 Å². The lowest BCUT2D eigenvalue weighted by Crippen LogP contribution is -2.35. The Hall–Kier alpha value is -2.21.